The van der Waals surface area contributed by atoms with Crippen LogP contribution in [-0.2, 0) is 16.1 Å². The summed E-state index contributed by atoms with van der Waals surface area (Å²) in [5.41, 5.74) is 0.439. The third kappa shape index (κ3) is 5.35. The highest BCUT2D eigenvalue weighted by molar-refractivity contribution is 7.99. The first-order valence-electron chi connectivity index (χ1n) is 8.86. The number of benzene rings is 2. The Bertz CT molecular complexity index is 1090. The van der Waals surface area contributed by atoms with Crippen molar-refractivity contribution in [1.82, 2.24) is 9.55 Å². The van der Waals surface area contributed by atoms with Gasteiger partial charge in [-0.15, -0.1) is 0 Å². The summed E-state index contributed by atoms with van der Waals surface area (Å²) >= 11 is 6.84. The van der Waals surface area contributed by atoms with Crippen molar-refractivity contribution in [2.24, 2.45) is 0 Å². The smallest absolute Gasteiger partial charge is 0.262 e. The van der Waals surface area contributed by atoms with Crippen molar-refractivity contribution < 1.29 is 13.9 Å². The molecule has 0 radical (unpaired) electrons. The van der Waals surface area contributed by atoms with Gasteiger partial charge in [-0.1, -0.05) is 35.5 Å². The third-order valence-corrected chi connectivity index (χ3v) is 5.31. The molecule has 0 bridgehead atoms. The SMILES string of the molecule is COCCCn1c(SCC(=O)Nc2ccc(Cl)cc2F)nc2ccccc2c1=O. The van der Waals surface area contributed by atoms with E-state index in [1.54, 1.807) is 35.9 Å². The molecule has 29 heavy (non-hydrogen) atoms. The molecule has 0 aliphatic rings. The minimum absolute atomic E-state index is 0.0306. The Morgan fingerprint density at radius 2 is 2.10 bits per heavy atom. The Morgan fingerprint density at radius 3 is 2.86 bits per heavy atom. The lowest BCUT2D eigenvalue weighted by molar-refractivity contribution is -0.113. The van der Waals surface area contributed by atoms with Gasteiger partial charge in [0.2, 0.25) is 5.91 Å². The Morgan fingerprint density at radius 1 is 1.31 bits per heavy atom. The molecule has 0 fully saturated rings. The van der Waals surface area contributed by atoms with E-state index in [1.807, 2.05) is 0 Å². The van der Waals surface area contributed by atoms with Crippen LogP contribution in [0.15, 0.2) is 52.4 Å². The van der Waals surface area contributed by atoms with Crippen molar-refractivity contribution in [1.29, 1.82) is 0 Å². The number of aromatic nitrogens is 2. The van der Waals surface area contributed by atoms with Crippen LogP contribution < -0.4 is 10.9 Å². The van der Waals surface area contributed by atoms with Gasteiger partial charge in [-0.3, -0.25) is 14.2 Å². The lowest BCUT2D eigenvalue weighted by Gasteiger charge is -2.13. The van der Waals surface area contributed by atoms with E-state index in [0.29, 0.717) is 35.6 Å². The van der Waals surface area contributed by atoms with Crippen molar-refractivity contribution in [3.63, 3.8) is 0 Å². The number of carbonyl (C=O) groups excluding carboxylic acids is 1. The minimum atomic E-state index is -0.615. The normalized spacial score (nSPS) is 11.0. The summed E-state index contributed by atoms with van der Waals surface area (Å²) in [4.78, 5) is 29.7. The molecule has 0 aliphatic carbocycles. The molecule has 1 heterocycles. The van der Waals surface area contributed by atoms with E-state index in [-0.39, 0.29) is 22.0 Å². The molecule has 0 aliphatic heterocycles. The minimum Gasteiger partial charge on any atom is -0.385 e. The number of amides is 1. The third-order valence-electron chi connectivity index (χ3n) is 4.09. The number of methoxy groups -OCH3 is 1. The van der Waals surface area contributed by atoms with Crippen LogP contribution in [0.2, 0.25) is 5.02 Å². The number of nitrogens with zero attached hydrogens (tertiary/aromatic N) is 2. The molecule has 0 saturated carbocycles. The topological polar surface area (TPSA) is 73.2 Å². The van der Waals surface area contributed by atoms with Crippen molar-refractivity contribution in [2.75, 3.05) is 24.8 Å². The van der Waals surface area contributed by atoms with E-state index in [4.69, 9.17) is 16.3 Å². The van der Waals surface area contributed by atoms with Gasteiger partial charge in [-0.25, -0.2) is 9.37 Å². The van der Waals surface area contributed by atoms with Gasteiger partial charge in [0.15, 0.2) is 5.16 Å². The molecule has 3 rings (SSSR count). The van der Waals surface area contributed by atoms with E-state index in [2.05, 4.69) is 10.3 Å². The van der Waals surface area contributed by atoms with Gasteiger partial charge >= 0.3 is 0 Å². The summed E-state index contributed by atoms with van der Waals surface area (Å²) in [5, 5.41) is 3.69. The van der Waals surface area contributed by atoms with Crippen LogP contribution in [0.5, 0.6) is 0 Å². The first-order valence-corrected chi connectivity index (χ1v) is 10.2. The Labute approximate surface area is 176 Å². The van der Waals surface area contributed by atoms with Gasteiger partial charge in [0.1, 0.15) is 5.82 Å². The van der Waals surface area contributed by atoms with E-state index < -0.39 is 11.7 Å². The van der Waals surface area contributed by atoms with Gasteiger partial charge in [0, 0.05) is 25.3 Å². The van der Waals surface area contributed by atoms with Crippen molar-refractivity contribution >= 4 is 45.9 Å². The lowest BCUT2D eigenvalue weighted by atomic mass is 10.2. The number of thioether (sulfide) groups is 1. The molecule has 9 heteroatoms. The van der Waals surface area contributed by atoms with Crippen LogP contribution in [-0.4, -0.2) is 34.9 Å². The molecular weight excluding hydrogens is 417 g/mol. The number of halogens is 2. The Hall–Kier alpha value is -2.42. The van der Waals surface area contributed by atoms with Gasteiger partial charge in [0.05, 0.1) is 22.3 Å². The standard InChI is InChI=1S/C20H19ClFN3O3S/c1-28-10-4-9-25-19(27)14-5-2-3-6-16(14)24-20(25)29-12-18(26)23-17-8-7-13(21)11-15(17)22/h2-3,5-8,11H,4,9-10,12H2,1H3,(H,23,26). The van der Waals surface area contributed by atoms with Gasteiger partial charge in [0.25, 0.3) is 5.56 Å². The first-order chi connectivity index (χ1) is 14.0. The highest BCUT2D eigenvalue weighted by atomic mass is 35.5. The molecule has 0 unspecified atom stereocenters. The van der Waals surface area contributed by atoms with E-state index in [0.717, 1.165) is 17.8 Å². The molecule has 1 N–H and O–H groups in total. The van der Waals surface area contributed by atoms with E-state index >= 15 is 0 Å². The molecular formula is C20H19ClFN3O3S. The maximum absolute atomic E-state index is 13.9. The van der Waals surface area contributed by atoms with Crippen LogP contribution in [0.1, 0.15) is 6.42 Å². The summed E-state index contributed by atoms with van der Waals surface area (Å²) in [6.07, 6.45) is 0.631. The maximum atomic E-state index is 13.9. The predicted molar refractivity (Wildman–Crippen MR) is 113 cm³/mol. The molecule has 152 valence electrons. The number of anilines is 1. The summed E-state index contributed by atoms with van der Waals surface area (Å²) < 4.78 is 20.5. The largest absolute Gasteiger partial charge is 0.385 e. The molecule has 0 saturated heterocycles. The first kappa shape index (κ1) is 21.3. The van der Waals surface area contributed by atoms with Crippen molar-refractivity contribution in [3.05, 3.63) is 63.7 Å². The number of hydrogen-bond donors (Lipinski definition) is 1. The molecule has 2 aromatic carbocycles. The molecule has 6 nitrogen and oxygen atoms in total. The molecule has 0 atom stereocenters. The molecule has 1 amide bonds. The van der Waals surface area contributed by atoms with Crippen LogP contribution in [0.4, 0.5) is 10.1 Å². The second-order valence-corrected chi connectivity index (χ2v) is 7.55. The Kier molecular flexibility index (Phi) is 7.24. The van der Waals surface area contributed by atoms with Crippen LogP contribution in [0.25, 0.3) is 10.9 Å². The summed E-state index contributed by atoms with van der Waals surface area (Å²) in [7, 11) is 1.59. The number of nitrogens with one attached hydrogen (secondary N) is 1. The van der Waals surface area contributed by atoms with Gasteiger partial charge in [-0.2, -0.15) is 0 Å². The number of ether oxygens (including phenoxy) is 1. The van der Waals surface area contributed by atoms with E-state index in [9.17, 15) is 14.0 Å². The quantitative estimate of drug-likeness (QED) is 0.329. The van der Waals surface area contributed by atoms with Crippen LogP contribution in [0, 0.1) is 5.82 Å². The fourth-order valence-corrected chi connectivity index (χ4v) is 3.71. The number of carbonyl (C=O) groups is 1. The zero-order valence-electron chi connectivity index (χ0n) is 15.7. The highest BCUT2D eigenvalue weighted by Gasteiger charge is 2.14. The molecule has 3 aromatic rings. The summed E-state index contributed by atoms with van der Waals surface area (Å²) in [6.45, 7) is 0.917. The van der Waals surface area contributed by atoms with Gasteiger partial charge in [-0.05, 0) is 36.8 Å². The zero-order chi connectivity index (χ0) is 20.8. The lowest BCUT2D eigenvalue weighted by Crippen LogP contribution is -2.25. The molecule has 0 spiro atoms. The second kappa shape index (κ2) is 9.87. The van der Waals surface area contributed by atoms with Crippen molar-refractivity contribution in [3.8, 4) is 0 Å². The zero-order valence-corrected chi connectivity index (χ0v) is 17.2. The predicted octanol–water partition coefficient (Wildman–Crippen LogP) is 3.96. The average Bonchev–Trinajstić information content (AvgIpc) is 2.70. The van der Waals surface area contributed by atoms with Crippen LogP contribution >= 0.6 is 23.4 Å². The number of hydrogen-bond acceptors (Lipinski definition) is 5. The number of rotatable bonds is 8. The summed E-state index contributed by atoms with van der Waals surface area (Å²) in [5.74, 6) is -1.06. The monoisotopic (exact) mass is 435 g/mol. The van der Waals surface area contributed by atoms with E-state index in [1.165, 1.54) is 12.1 Å². The summed E-state index contributed by atoms with van der Waals surface area (Å²) in [6, 6.07) is 11.1. The maximum Gasteiger partial charge on any atom is 0.262 e. The second-order valence-electron chi connectivity index (χ2n) is 6.18. The number of fused-ring (bicyclic) bond motifs is 1. The molecule has 1 aromatic heterocycles. The fourth-order valence-electron chi connectivity index (χ4n) is 2.73. The Balaban J connectivity index is 1.79. The van der Waals surface area contributed by atoms with Crippen molar-refractivity contribution in [2.45, 2.75) is 18.1 Å². The number of para-hydroxylation sites is 1. The highest BCUT2D eigenvalue weighted by Crippen LogP contribution is 2.21. The fraction of sp³-hybridized carbons (Fsp3) is 0.250. The van der Waals surface area contributed by atoms with Crippen LogP contribution in [0.3, 0.4) is 0 Å². The van der Waals surface area contributed by atoms with Gasteiger partial charge < -0.3 is 10.1 Å². The average molecular weight is 436 g/mol.